The summed E-state index contributed by atoms with van der Waals surface area (Å²) >= 11 is 0. The predicted molar refractivity (Wildman–Crippen MR) is 70.9 cm³/mol. The third kappa shape index (κ3) is 3.75. The zero-order chi connectivity index (χ0) is 15.2. The molecule has 1 heterocycles. The maximum absolute atomic E-state index is 11.7. The molecule has 2 aromatic rings. The molecular weight excluding hydrogens is 280 g/mol. The molecule has 21 heavy (non-hydrogen) atoms. The molecule has 110 valence electrons. The lowest BCUT2D eigenvalue weighted by Crippen LogP contribution is -2.21. The van der Waals surface area contributed by atoms with Gasteiger partial charge in [0.05, 0.1) is 4.92 Å². The van der Waals surface area contributed by atoms with Gasteiger partial charge in [-0.3, -0.25) is 14.9 Å². The van der Waals surface area contributed by atoms with Crippen molar-refractivity contribution in [2.45, 2.75) is 13.3 Å². The fourth-order valence-electron chi connectivity index (χ4n) is 1.51. The summed E-state index contributed by atoms with van der Waals surface area (Å²) in [6, 6.07) is 5.43. The molecule has 0 aliphatic carbocycles. The van der Waals surface area contributed by atoms with E-state index in [-0.39, 0.29) is 18.1 Å². The third-order valence-corrected chi connectivity index (χ3v) is 2.57. The maximum Gasteiger partial charge on any atom is 0.269 e. The van der Waals surface area contributed by atoms with E-state index in [1.807, 2.05) is 6.92 Å². The molecule has 9 nitrogen and oxygen atoms in total. The SMILES string of the molecule is CCc1nonc1NC(=O)COc1ccc([N+](=O)[O-])cc1. The number of nitro benzene ring substituents is 1. The molecule has 2 rings (SSSR count). The first-order valence-corrected chi connectivity index (χ1v) is 6.08. The molecule has 0 radical (unpaired) electrons. The molecule has 1 amide bonds. The number of hydrogen-bond donors (Lipinski definition) is 1. The topological polar surface area (TPSA) is 120 Å². The molecule has 0 atom stereocenters. The molecule has 1 aromatic heterocycles. The second-order valence-electron chi connectivity index (χ2n) is 4.00. The minimum atomic E-state index is -0.514. The number of aryl methyl sites for hydroxylation is 1. The van der Waals surface area contributed by atoms with E-state index in [2.05, 4.69) is 20.3 Å². The summed E-state index contributed by atoms with van der Waals surface area (Å²) in [6.07, 6.45) is 0.572. The van der Waals surface area contributed by atoms with Crippen LogP contribution < -0.4 is 10.1 Å². The zero-order valence-electron chi connectivity index (χ0n) is 11.1. The van der Waals surface area contributed by atoms with E-state index >= 15 is 0 Å². The van der Waals surface area contributed by atoms with Crippen LogP contribution in [0.25, 0.3) is 0 Å². The predicted octanol–water partition coefficient (Wildman–Crippen LogP) is 1.56. The van der Waals surface area contributed by atoms with Crippen molar-refractivity contribution < 1.29 is 19.1 Å². The Morgan fingerprint density at radius 1 is 1.38 bits per heavy atom. The van der Waals surface area contributed by atoms with E-state index < -0.39 is 10.8 Å². The minimum absolute atomic E-state index is 0.0481. The highest BCUT2D eigenvalue weighted by Crippen LogP contribution is 2.17. The Morgan fingerprint density at radius 2 is 2.10 bits per heavy atom. The standard InChI is InChI=1S/C12H12N4O5/c1-2-10-12(15-21-14-10)13-11(17)7-20-9-5-3-8(4-6-9)16(18)19/h3-6H,2,7H2,1H3,(H,13,15,17). The Labute approximate surface area is 119 Å². The van der Waals surface area contributed by atoms with E-state index in [0.717, 1.165) is 0 Å². The molecule has 0 fully saturated rings. The Bertz CT molecular complexity index is 637. The Morgan fingerprint density at radius 3 is 2.71 bits per heavy atom. The molecular formula is C12H12N4O5. The number of hydrogen-bond acceptors (Lipinski definition) is 7. The smallest absolute Gasteiger partial charge is 0.269 e. The molecule has 0 aliphatic heterocycles. The lowest BCUT2D eigenvalue weighted by atomic mass is 10.3. The maximum atomic E-state index is 11.7. The summed E-state index contributed by atoms with van der Waals surface area (Å²) in [5.74, 6) is 0.179. The van der Waals surface area contributed by atoms with Gasteiger partial charge in [-0.2, -0.15) is 0 Å². The van der Waals surface area contributed by atoms with Gasteiger partial charge in [-0.25, -0.2) is 4.63 Å². The van der Waals surface area contributed by atoms with Crippen LogP contribution in [0.4, 0.5) is 11.5 Å². The van der Waals surface area contributed by atoms with Gasteiger partial charge in [-0.1, -0.05) is 12.1 Å². The van der Waals surface area contributed by atoms with Crippen LogP contribution in [0.5, 0.6) is 5.75 Å². The highest BCUT2D eigenvalue weighted by Gasteiger charge is 2.12. The largest absolute Gasteiger partial charge is 0.484 e. The van der Waals surface area contributed by atoms with Gasteiger partial charge >= 0.3 is 0 Å². The zero-order valence-corrected chi connectivity index (χ0v) is 11.1. The number of amides is 1. The summed E-state index contributed by atoms with van der Waals surface area (Å²) < 4.78 is 9.73. The van der Waals surface area contributed by atoms with Crippen LogP contribution in [0.3, 0.4) is 0 Å². The number of benzene rings is 1. The number of non-ortho nitro benzene ring substituents is 1. The van der Waals surface area contributed by atoms with Crippen LogP contribution in [-0.2, 0) is 11.2 Å². The first kappa shape index (κ1) is 14.4. The molecule has 0 spiro atoms. The van der Waals surface area contributed by atoms with Crippen molar-refractivity contribution in [1.29, 1.82) is 0 Å². The van der Waals surface area contributed by atoms with Crippen molar-refractivity contribution in [3.8, 4) is 5.75 Å². The molecule has 0 saturated heterocycles. The second-order valence-corrected chi connectivity index (χ2v) is 4.00. The van der Waals surface area contributed by atoms with Crippen molar-refractivity contribution in [3.63, 3.8) is 0 Å². The first-order valence-electron chi connectivity index (χ1n) is 6.08. The number of carbonyl (C=O) groups excluding carboxylic acids is 1. The molecule has 0 saturated carbocycles. The molecule has 0 aliphatic rings. The van der Waals surface area contributed by atoms with Crippen LogP contribution in [0.2, 0.25) is 0 Å². The number of aromatic nitrogens is 2. The van der Waals surface area contributed by atoms with Gasteiger partial charge in [-0.15, -0.1) is 0 Å². The van der Waals surface area contributed by atoms with Crippen LogP contribution in [0.15, 0.2) is 28.9 Å². The van der Waals surface area contributed by atoms with Crippen molar-refractivity contribution in [2.24, 2.45) is 0 Å². The van der Waals surface area contributed by atoms with Gasteiger partial charge in [0.2, 0.25) is 5.82 Å². The first-order chi connectivity index (χ1) is 10.1. The van der Waals surface area contributed by atoms with Crippen LogP contribution in [0, 0.1) is 10.1 Å². The van der Waals surface area contributed by atoms with E-state index in [9.17, 15) is 14.9 Å². The third-order valence-electron chi connectivity index (χ3n) is 2.57. The molecule has 0 bridgehead atoms. The van der Waals surface area contributed by atoms with Gasteiger partial charge in [0, 0.05) is 12.1 Å². The van der Waals surface area contributed by atoms with Gasteiger partial charge in [0.15, 0.2) is 6.61 Å². The second kappa shape index (κ2) is 6.46. The van der Waals surface area contributed by atoms with Crippen molar-refractivity contribution in [3.05, 3.63) is 40.1 Å². The summed E-state index contributed by atoms with van der Waals surface area (Å²) in [4.78, 5) is 21.7. The van der Waals surface area contributed by atoms with Crippen molar-refractivity contribution in [2.75, 3.05) is 11.9 Å². The highest BCUT2D eigenvalue weighted by atomic mass is 16.6. The molecule has 0 unspecified atom stereocenters. The number of anilines is 1. The van der Waals surface area contributed by atoms with Gasteiger partial charge < -0.3 is 10.1 Å². The number of carbonyl (C=O) groups is 1. The van der Waals surface area contributed by atoms with E-state index in [4.69, 9.17) is 4.74 Å². The van der Waals surface area contributed by atoms with Crippen LogP contribution in [-0.4, -0.2) is 27.8 Å². The molecule has 1 aromatic carbocycles. The Balaban J connectivity index is 1.87. The number of ether oxygens (including phenoxy) is 1. The van der Waals surface area contributed by atoms with E-state index in [0.29, 0.717) is 17.9 Å². The number of nitro groups is 1. The van der Waals surface area contributed by atoms with Crippen LogP contribution >= 0.6 is 0 Å². The highest BCUT2D eigenvalue weighted by molar-refractivity contribution is 5.91. The molecule has 1 N–H and O–H groups in total. The lowest BCUT2D eigenvalue weighted by molar-refractivity contribution is -0.384. The van der Waals surface area contributed by atoms with Gasteiger partial charge in [-0.05, 0) is 23.7 Å². The van der Waals surface area contributed by atoms with Crippen LogP contribution in [0.1, 0.15) is 12.6 Å². The lowest BCUT2D eigenvalue weighted by Gasteiger charge is -2.05. The number of nitrogens with zero attached hydrogens (tertiary/aromatic N) is 3. The quantitative estimate of drug-likeness (QED) is 0.633. The van der Waals surface area contributed by atoms with E-state index in [1.165, 1.54) is 24.3 Å². The molecule has 9 heteroatoms. The van der Waals surface area contributed by atoms with E-state index in [1.54, 1.807) is 0 Å². The monoisotopic (exact) mass is 292 g/mol. The fourth-order valence-corrected chi connectivity index (χ4v) is 1.51. The summed E-state index contributed by atoms with van der Waals surface area (Å²) in [6.45, 7) is 1.59. The summed E-state index contributed by atoms with van der Waals surface area (Å²) in [5, 5.41) is 20.2. The fraction of sp³-hybridized carbons (Fsp3) is 0.250. The minimum Gasteiger partial charge on any atom is -0.484 e. The average molecular weight is 292 g/mol. The average Bonchev–Trinajstić information content (AvgIpc) is 2.92. The van der Waals surface area contributed by atoms with Crippen molar-refractivity contribution >= 4 is 17.4 Å². The number of rotatable bonds is 6. The summed E-state index contributed by atoms with van der Waals surface area (Å²) in [7, 11) is 0. The van der Waals surface area contributed by atoms with Crippen molar-refractivity contribution in [1.82, 2.24) is 10.3 Å². The Hall–Kier alpha value is -2.97. The van der Waals surface area contributed by atoms with Gasteiger partial charge in [0.25, 0.3) is 11.6 Å². The Kier molecular flexibility index (Phi) is 4.44. The van der Waals surface area contributed by atoms with Gasteiger partial charge in [0.1, 0.15) is 11.4 Å². The normalized spacial score (nSPS) is 10.1. The summed E-state index contributed by atoms with van der Waals surface area (Å²) in [5.41, 5.74) is 0.492. The number of nitrogens with one attached hydrogen (secondary N) is 1.